The number of methoxy groups -OCH3 is 1. The van der Waals surface area contributed by atoms with Crippen molar-refractivity contribution < 1.29 is 9.53 Å². The molecule has 0 aliphatic carbocycles. The van der Waals surface area contributed by atoms with E-state index in [1.54, 1.807) is 12.1 Å². The van der Waals surface area contributed by atoms with Crippen molar-refractivity contribution in [1.29, 1.82) is 0 Å². The zero-order valence-corrected chi connectivity index (χ0v) is 12.5. The second kappa shape index (κ2) is 5.25. The molecule has 0 aliphatic rings. The minimum absolute atomic E-state index is 0.360. The zero-order chi connectivity index (χ0) is 15.8. The van der Waals surface area contributed by atoms with Gasteiger partial charge in [-0.3, -0.25) is 0 Å². The van der Waals surface area contributed by atoms with Crippen molar-refractivity contribution in [2.45, 2.75) is 0 Å². The lowest BCUT2D eigenvalue weighted by Gasteiger charge is -2.03. The van der Waals surface area contributed by atoms with Gasteiger partial charge in [0.05, 0.1) is 23.7 Å². The van der Waals surface area contributed by atoms with Gasteiger partial charge in [0, 0.05) is 5.56 Å². The molecule has 4 rings (SSSR count). The summed E-state index contributed by atoms with van der Waals surface area (Å²) >= 11 is 0. The van der Waals surface area contributed by atoms with Gasteiger partial charge in [-0.1, -0.05) is 42.5 Å². The Morgan fingerprint density at radius 3 is 2.74 bits per heavy atom. The van der Waals surface area contributed by atoms with E-state index in [0.717, 1.165) is 27.8 Å². The number of fused-ring (bicyclic) bond motifs is 2. The summed E-state index contributed by atoms with van der Waals surface area (Å²) in [5, 5.41) is 2.31. The van der Waals surface area contributed by atoms with Crippen molar-refractivity contribution in [2.24, 2.45) is 0 Å². The molecular weight excluding hydrogens is 288 g/mol. The average molecular weight is 302 g/mol. The van der Waals surface area contributed by atoms with Gasteiger partial charge in [-0.2, -0.15) is 0 Å². The van der Waals surface area contributed by atoms with Gasteiger partial charge in [-0.25, -0.2) is 9.78 Å². The number of esters is 1. The lowest BCUT2D eigenvalue weighted by atomic mass is 10.0. The standard InChI is InChI=1S/C19H14N2O2/c1-23-19(22)13-9-10-16-17(11-13)21-18(20-16)15-8-4-6-12-5-2-3-7-14(12)15/h2-11H,1H3,(H,20,21). The van der Waals surface area contributed by atoms with Gasteiger partial charge in [0.1, 0.15) is 5.82 Å². The molecule has 1 aromatic heterocycles. The Morgan fingerprint density at radius 2 is 1.87 bits per heavy atom. The number of nitrogens with one attached hydrogen (secondary N) is 1. The largest absolute Gasteiger partial charge is 0.465 e. The van der Waals surface area contributed by atoms with Crippen molar-refractivity contribution >= 4 is 27.8 Å². The third-order valence-corrected chi connectivity index (χ3v) is 3.95. The topological polar surface area (TPSA) is 55.0 Å². The summed E-state index contributed by atoms with van der Waals surface area (Å²) in [4.78, 5) is 19.6. The number of imidazole rings is 1. The van der Waals surface area contributed by atoms with Crippen LogP contribution >= 0.6 is 0 Å². The fourth-order valence-corrected chi connectivity index (χ4v) is 2.81. The number of carbonyl (C=O) groups is 1. The van der Waals surface area contributed by atoms with Crippen molar-refractivity contribution in [3.8, 4) is 11.4 Å². The number of nitrogens with zero attached hydrogens (tertiary/aromatic N) is 1. The second-order valence-electron chi connectivity index (χ2n) is 5.34. The van der Waals surface area contributed by atoms with E-state index < -0.39 is 0 Å². The molecule has 0 saturated carbocycles. The molecule has 4 aromatic rings. The molecule has 3 aromatic carbocycles. The Labute approximate surface area is 132 Å². The second-order valence-corrected chi connectivity index (χ2v) is 5.34. The molecule has 0 atom stereocenters. The number of hydrogen-bond acceptors (Lipinski definition) is 3. The predicted molar refractivity (Wildman–Crippen MR) is 90.4 cm³/mol. The highest BCUT2D eigenvalue weighted by atomic mass is 16.5. The molecule has 23 heavy (non-hydrogen) atoms. The number of benzene rings is 3. The molecule has 0 amide bonds. The van der Waals surface area contributed by atoms with E-state index >= 15 is 0 Å². The van der Waals surface area contributed by atoms with Gasteiger partial charge in [-0.15, -0.1) is 0 Å². The van der Waals surface area contributed by atoms with Gasteiger partial charge in [0.15, 0.2) is 0 Å². The fourth-order valence-electron chi connectivity index (χ4n) is 2.81. The van der Waals surface area contributed by atoms with E-state index in [9.17, 15) is 4.79 Å². The minimum Gasteiger partial charge on any atom is -0.465 e. The normalized spacial score (nSPS) is 11.0. The number of aromatic amines is 1. The van der Waals surface area contributed by atoms with E-state index in [4.69, 9.17) is 4.74 Å². The van der Waals surface area contributed by atoms with Crippen molar-refractivity contribution in [2.75, 3.05) is 7.11 Å². The summed E-state index contributed by atoms with van der Waals surface area (Å²) in [6.45, 7) is 0. The Balaban J connectivity index is 1.90. The van der Waals surface area contributed by atoms with Gasteiger partial charge >= 0.3 is 5.97 Å². The van der Waals surface area contributed by atoms with Crippen LogP contribution in [0.5, 0.6) is 0 Å². The molecule has 1 heterocycles. The zero-order valence-electron chi connectivity index (χ0n) is 12.5. The van der Waals surface area contributed by atoms with Crippen LogP contribution in [-0.4, -0.2) is 23.0 Å². The molecule has 0 bridgehead atoms. The first-order valence-corrected chi connectivity index (χ1v) is 7.32. The lowest BCUT2D eigenvalue weighted by Crippen LogP contribution is -2.00. The SMILES string of the molecule is COC(=O)c1ccc2[nH]c(-c3cccc4ccccc34)nc2c1. The van der Waals surface area contributed by atoms with Crippen molar-refractivity contribution in [3.05, 3.63) is 66.2 Å². The van der Waals surface area contributed by atoms with Crippen LogP contribution in [0.1, 0.15) is 10.4 Å². The van der Waals surface area contributed by atoms with Crippen LogP contribution in [0.2, 0.25) is 0 Å². The number of aromatic nitrogens is 2. The molecule has 1 N–H and O–H groups in total. The number of ether oxygens (including phenoxy) is 1. The van der Waals surface area contributed by atoms with Crippen molar-refractivity contribution in [1.82, 2.24) is 9.97 Å². The highest BCUT2D eigenvalue weighted by Gasteiger charge is 2.11. The Hall–Kier alpha value is -3.14. The molecule has 112 valence electrons. The number of rotatable bonds is 2. The number of carbonyl (C=O) groups excluding carboxylic acids is 1. The summed E-state index contributed by atoms with van der Waals surface area (Å²) in [5.41, 5.74) is 3.17. The van der Waals surface area contributed by atoms with E-state index in [1.807, 2.05) is 30.3 Å². The van der Waals surface area contributed by atoms with Crippen LogP contribution in [0.25, 0.3) is 33.2 Å². The minimum atomic E-state index is -0.360. The summed E-state index contributed by atoms with van der Waals surface area (Å²) in [5.74, 6) is 0.431. The maximum Gasteiger partial charge on any atom is 0.337 e. The van der Waals surface area contributed by atoms with Gasteiger partial charge in [0.25, 0.3) is 0 Å². The van der Waals surface area contributed by atoms with E-state index in [0.29, 0.717) is 5.56 Å². The fraction of sp³-hybridized carbons (Fsp3) is 0.0526. The van der Waals surface area contributed by atoms with Crippen LogP contribution < -0.4 is 0 Å². The molecular formula is C19H14N2O2. The Morgan fingerprint density at radius 1 is 1.04 bits per heavy atom. The van der Waals surface area contributed by atoms with Gasteiger partial charge in [0.2, 0.25) is 0 Å². The summed E-state index contributed by atoms with van der Waals surface area (Å²) in [7, 11) is 1.37. The van der Waals surface area contributed by atoms with E-state index in [1.165, 1.54) is 12.5 Å². The Kier molecular flexibility index (Phi) is 3.08. The maximum absolute atomic E-state index is 11.6. The van der Waals surface area contributed by atoms with E-state index in [2.05, 4.69) is 28.2 Å². The summed E-state index contributed by atoms with van der Waals surface area (Å²) in [6.07, 6.45) is 0. The smallest absolute Gasteiger partial charge is 0.337 e. The molecule has 0 spiro atoms. The lowest BCUT2D eigenvalue weighted by molar-refractivity contribution is 0.0601. The molecule has 0 radical (unpaired) electrons. The maximum atomic E-state index is 11.6. The summed E-state index contributed by atoms with van der Waals surface area (Å²) < 4.78 is 4.76. The van der Waals surface area contributed by atoms with Crippen molar-refractivity contribution in [3.63, 3.8) is 0 Å². The predicted octanol–water partition coefficient (Wildman–Crippen LogP) is 4.17. The first-order valence-electron chi connectivity index (χ1n) is 7.32. The molecule has 0 aliphatic heterocycles. The van der Waals surface area contributed by atoms with Crippen LogP contribution in [0, 0.1) is 0 Å². The quantitative estimate of drug-likeness (QED) is 0.565. The van der Waals surface area contributed by atoms with Gasteiger partial charge < -0.3 is 9.72 Å². The van der Waals surface area contributed by atoms with E-state index in [-0.39, 0.29) is 5.97 Å². The van der Waals surface area contributed by atoms with Gasteiger partial charge in [-0.05, 0) is 29.0 Å². The Bertz CT molecular complexity index is 1030. The highest BCUT2D eigenvalue weighted by Crippen LogP contribution is 2.28. The first kappa shape index (κ1) is 13.5. The number of H-pyrrole nitrogens is 1. The molecule has 0 fully saturated rings. The monoisotopic (exact) mass is 302 g/mol. The summed E-state index contributed by atoms with van der Waals surface area (Å²) in [6, 6.07) is 19.7. The molecule has 4 nitrogen and oxygen atoms in total. The molecule has 4 heteroatoms. The number of hydrogen-bond donors (Lipinski definition) is 1. The highest BCUT2D eigenvalue weighted by molar-refractivity contribution is 5.98. The first-order chi connectivity index (χ1) is 11.3. The van der Waals surface area contributed by atoms with Crippen LogP contribution in [-0.2, 0) is 4.74 Å². The van der Waals surface area contributed by atoms with Crippen LogP contribution in [0.4, 0.5) is 0 Å². The third kappa shape index (κ3) is 2.25. The molecule has 0 unspecified atom stereocenters. The van der Waals surface area contributed by atoms with Crippen LogP contribution in [0.15, 0.2) is 60.7 Å². The average Bonchev–Trinajstić information content (AvgIpc) is 3.03. The van der Waals surface area contributed by atoms with Crippen LogP contribution in [0.3, 0.4) is 0 Å². The third-order valence-electron chi connectivity index (χ3n) is 3.95. The molecule has 0 saturated heterocycles.